The van der Waals surface area contributed by atoms with Crippen LogP contribution in [0.4, 0.5) is 5.69 Å². The van der Waals surface area contributed by atoms with Crippen LogP contribution in [0.25, 0.3) is 0 Å². The highest BCUT2D eigenvalue weighted by molar-refractivity contribution is 6.35. The number of hydrogen-bond acceptors (Lipinski definition) is 8. The van der Waals surface area contributed by atoms with Crippen molar-refractivity contribution >= 4 is 34.9 Å². The van der Waals surface area contributed by atoms with Crippen molar-refractivity contribution in [1.29, 1.82) is 0 Å². The Morgan fingerprint density at radius 2 is 1.84 bits per heavy atom. The van der Waals surface area contributed by atoms with E-state index < -0.39 is 5.79 Å². The van der Waals surface area contributed by atoms with Crippen LogP contribution in [0.3, 0.4) is 0 Å². The molecule has 0 spiro atoms. The van der Waals surface area contributed by atoms with Crippen LogP contribution in [0.1, 0.15) is 5.56 Å². The minimum Gasteiger partial charge on any atom is -0.491 e. The second-order valence-electron chi connectivity index (χ2n) is 9.45. The van der Waals surface area contributed by atoms with Crippen LogP contribution in [-0.4, -0.2) is 79.1 Å². The molecule has 0 bridgehead atoms. The molecule has 3 aromatic rings. The first-order chi connectivity index (χ1) is 18.6. The molecule has 9 nitrogen and oxygen atoms in total. The normalized spacial score (nSPS) is 23.4. The van der Waals surface area contributed by atoms with E-state index in [1.807, 2.05) is 29.0 Å². The third-order valence-corrected chi connectivity index (χ3v) is 7.46. The number of halogens is 2. The standard InChI is InChI=1S/C27H29Cl2N5O4/c28-20-1-6-24(25(29)15-20)27(18-32-9-7-30-19-32)37-17-23(38-27)16-36-22-4-2-21(3-5-22)33-10-12-34(13-11-33)26-31-8-14-35-26/h1-7,9,15,19,23H,8,10-14,16-18H2/t23-,27-/m1/s1. The van der Waals surface area contributed by atoms with Gasteiger partial charge in [0, 0.05) is 54.8 Å². The number of aliphatic imine (C=N–C) groups is 1. The van der Waals surface area contributed by atoms with E-state index in [-0.39, 0.29) is 6.10 Å². The summed E-state index contributed by atoms with van der Waals surface area (Å²) in [5.41, 5.74) is 1.89. The quantitative estimate of drug-likeness (QED) is 0.434. The summed E-state index contributed by atoms with van der Waals surface area (Å²) in [5, 5.41) is 1.04. The Hall–Kier alpha value is -2.98. The first kappa shape index (κ1) is 25.3. The van der Waals surface area contributed by atoms with Gasteiger partial charge in [-0.15, -0.1) is 0 Å². The van der Waals surface area contributed by atoms with Gasteiger partial charge in [0.2, 0.25) is 5.79 Å². The fourth-order valence-electron chi connectivity index (χ4n) is 4.99. The SMILES string of the molecule is Clc1ccc([C@]2(Cn3ccnc3)OC[C@@H](COc3ccc(N4CCN(C5=NCCO5)CC4)cc3)O2)c(Cl)c1. The Labute approximate surface area is 231 Å². The molecule has 1 aromatic heterocycles. The van der Waals surface area contributed by atoms with Gasteiger partial charge in [0.05, 0.1) is 31.0 Å². The van der Waals surface area contributed by atoms with Crippen molar-refractivity contribution in [1.82, 2.24) is 14.5 Å². The average molecular weight is 558 g/mol. The molecule has 0 saturated carbocycles. The molecular formula is C27H29Cl2N5O4. The highest BCUT2D eigenvalue weighted by atomic mass is 35.5. The highest BCUT2D eigenvalue weighted by Gasteiger charge is 2.45. The number of nitrogens with zero attached hydrogens (tertiary/aromatic N) is 5. The van der Waals surface area contributed by atoms with Crippen molar-refractivity contribution in [3.8, 4) is 5.75 Å². The van der Waals surface area contributed by atoms with Gasteiger partial charge in [-0.2, -0.15) is 0 Å². The van der Waals surface area contributed by atoms with Gasteiger partial charge in [0.1, 0.15) is 25.1 Å². The summed E-state index contributed by atoms with van der Waals surface area (Å²) in [4.78, 5) is 13.1. The van der Waals surface area contributed by atoms with Gasteiger partial charge in [-0.1, -0.05) is 29.3 Å². The summed E-state index contributed by atoms with van der Waals surface area (Å²) in [6, 6.07) is 14.3. The monoisotopic (exact) mass is 557 g/mol. The minimum atomic E-state index is -1.07. The van der Waals surface area contributed by atoms with E-state index in [9.17, 15) is 0 Å². The zero-order chi connectivity index (χ0) is 26.0. The van der Waals surface area contributed by atoms with E-state index in [2.05, 4.69) is 31.9 Å². The lowest BCUT2D eigenvalue weighted by molar-refractivity contribution is -0.189. The number of anilines is 1. The van der Waals surface area contributed by atoms with E-state index >= 15 is 0 Å². The van der Waals surface area contributed by atoms with Crippen molar-refractivity contribution in [2.24, 2.45) is 4.99 Å². The van der Waals surface area contributed by atoms with E-state index in [1.165, 1.54) is 5.69 Å². The van der Waals surface area contributed by atoms with Crippen LogP contribution < -0.4 is 9.64 Å². The van der Waals surface area contributed by atoms with Gasteiger partial charge in [-0.3, -0.25) is 0 Å². The molecule has 11 heteroatoms. The Kier molecular flexibility index (Phi) is 7.34. The molecule has 200 valence electrons. The van der Waals surface area contributed by atoms with Gasteiger partial charge < -0.3 is 33.3 Å². The Morgan fingerprint density at radius 3 is 2.55 bits per heavy atom. The lowest BCUT2D eigenvalue weighted by Crippen LogP contribution is -2.48. The van der Waals surface area contributed by atoms with Crippen molar-refractivity contribution < 1.29 is 18.9 Å². The molecule has 0 aliphatic carbocycles. The summed E-state index contributed by atoms with van der Waals surface area (Å²) >= 11 is 12.7. The Balaban J connectivity index is 1.06. The summed E-state index contributed by atoms with van der Waals surface area (Å²) < 4.78 is 26.3. The molecule has 2 fully saturated rings. The van der Waals surface area contributed by atoms with Crippen molar-refractivity contribution in [2.75, 3.05) is 57.4 Å². The van der Waals surface area contributed by atoms with Crippen LogP contribution in [-0.2, 0) is 26.5 Å². The number of benzene rings is 2. The lowest BCUT2D eigenvalue weighted by atomic mass is 10.1. The molecule has 3 aliphatic rings. The number of aromatic nitrogens is 2. The molecule has 6 rings (SSSR count). The number of imidazole rings is 1. The molecule has 0 radical (unpaired) electrons. The average Bonchev–Trinajstić information content (AvgIpc) is 3.72. The summed E-state index contributed by atoms with van der Waals surface area (Å²) in [5.74, 6) is -0.293. The number of ether oxygens (including phenoxy) is 4. The Morgan fingerprint density at radius 1 is 1.03 bits per heavy atom. The van der Waals surface area contributed by atoms with E-state index in [0.29, 0.717) is 36.4 Å². The summed E-state index contributed by atoms with van der Waals surface area (Å²) in [7, 11) is 0. The zero-order valence-electron chi connectivity index (χ0n) is 20.8. The van der Waals surface area contributed by atoms with E-state index in [1.54, 1.807) is 24.7 Å². The molecule has 38 heavy (non-hydrogen) atoms. The van der Waals surface area contributed by atoms with Gasteiger partial charge in [-0.25, -0.2) is 9.98 Å². The molecular weight excluding hydrogens is 529 g/mol. The van der Waals surface area contributed by atoms with Crippen LogP contribution >= 0.6 is 23.2 Å². The number of rotatable bonds is 7. The lowest BCUT2D eigenvalue weighted by Gasteiger charge is -2.36. The molecule has 2 saturated heterocycles. The van der Waals surface area contributed by atoms with Gasteiger partial charge >= 0.3 is 0 Å². The van der Waals surface area contributed by atoms with Gasteiger partial charge in [-0.05, 0) is 36.4 Å². The summed E-state index contributed by atoms with van der Waals surface area (Å²) in [6.45, 7) is 6.19. The molecule has 0 unspecified atom stereocenters. The fraction of sp³-hybridized carbons (Fsp3) is 0.407. The maximum Gasteiger partial charge on any atom is 0.287 e. The first-order valence-electron chi connectivity index (χ1n) is 12.7. The molecule has 2 atom stereocenters. The van der Waals surface area contributed by atoms with Crippen LogP contribution in [0.5, 0.6) is 5.75 Å². The summed E-state index contributed by atoms with van der Waals surface area (Å²) in [6.07, 6.45) is 5.02. The van der Waals surface area contributed by atoms with Crippen LogP contribution in [0, 0.1) is 0 Å². The maximum absolute atomic E-state index is 6.56. The number of amidine groups is 1. The predicted octanol–water partition coefficient (Wildman–Crippen LogP) is 4.05. The topological polar surface area (TPSA) is 73.6 Å². The second-order valence-corrected chi connectivity index (χ2v) is 10.3. The predicted molar refractivity (Wildman–Crippen MR) is 145 cm³/mol. The molecule has 0 amide bonds. The van der Waals surface area contributed by atoms with Crippen LogP contribution in [0.15, 0.2) is 66.2 Å². The second kappa shape index (κ2) is 11.0. The number of hydrogen-bond donors (Lipinski definition) is 0. The molecule has 0 N–H and O–H groups in total. The van der Waals surface area contributed by atoms with Crippen molar-refractivity contribution in [3.63, 3.8) is 0 Å². The molecule has 4 heterocycles. The minimum absolute atomic E-state index is 0.279. The van der Waals surface area contributed by atoms with Crippen LogP contribution in [0.2, 0.25) is 10.0 Å². The Bertz CT molecular complexity index is 1260. The fourth-order valence-corrected chi connectivity index (χ4v) is 5.54. The zero-order valence-corrected chi connectivity index (χ0v) is 22.4. The van der Waals surface area contributed by atoms with E-state index in [0.717, 1.165) is 50.1 Å². The first-order valence-corrected chi connectivity index (χ1v) is 13.5. The van der Waals surface area contributed by atoms with E-state index in [4.69, 9.17) is 42.1 Å². The smallest absolute Gasteiger partial charge is 0.287 e. The van der Waals surface area contributed by atoms with Crippen molar-refractivity contribution in [3.05, 3.63) is 76.8 Å². The third kappa shape index (κ3) is 5.42. The maximum atomic E-state index is 6.56. The highest BCUT2D eigenvalue weighted by Crippen LogP contribution is 2.40. The molecule has 2 aromatic carbocycles. The van der Waals surface area contributed by atoms with Gasteiger partial charge in [0.15, 0.2) is 0 Å². The third-order valence-electron chi connectivity index (χ3n) is 6.91. The van der Waals surface area contributed by atoms with Crippen molar-refractivity contribution in [2.45, 2.75) is 18.4 Å². The molecule has 3 aliphatic heterocycles. The number of piperazine rings is 1. The largest absolute Gasteiger partial charge is 0.491 e. The van der Waals surface area contributed by atoms with Gasteiger partial charge in [0.25, 0.3) is 6.02 Å².